The van der Waals surface area contributed by atoms with Crippen LogP contribution >= 0.6 is 0 Å². The Kier molecular flexibility index (Phi) is 2.56. The van der Waals surface area contributed by atoms with E-state index in [4.69, 9.17) is 0 Å². The molecule has 0 spiro atoms. The summed E-state index contributed by atoms with van der Waals surface area (Å²) >= 11 is 0. The van der Waals surface area contributed by atoms with Gasteiger partial charge in [-0.3, -0.25) is 9.80 Å². The van der Waals surface area contributed by atoms with Crippen molar-refractivity contribution >= 4 is 0 Å². The molecule has 2 heterocycles. The lowest BCUT2D eigenvalue weighted by atomic mass is 10.0. The van der Waals surface area contributed by atoms with Crippen molar-refractivity contribution < 1.29 is 4.39 Å². The molecular weight excluding hydrogens is 179 g/mol. The van der Waals surface area contributed by atoms with Crippen molar-refractivity contribution in [3.8, 4) is 0 Å². The third kappa shape index (κ3) is 1.68. The molecule has 2 rings (SSSR count). The van der Waals surface area contributed by atoms with Crippen molar-refractivity contribution in [2.24, 2.45) is 0 Å². The van der Waals surface area contributed by atoms with Gasteiger partial charge in [0.05, 0.1) is 0 Å². The highest BCUT2D eigenvalue weighted by Gasteiger charge is 2.46. The average molecular weight is 200 g/mol. The molecule has 2 fully saturated rings. The minimum Gasteiger partial charge on any atom is -0.295 e. The molecule has 0 amide bonds. The summed E-state index contributed by atoms with van der Waals surface area (Å²) in [5.41, 5.74) is 0.279. The molecule has 3 heteroatoms. The van der Waals surface area contributed by atoms with E-state index in [0.29, 0.717) is 18.6 Å². The topological polar surface area (TPSA) is 6.48 Å². The van der Waals surface area contributed by atoms with Gasteiger partial charge in [-0.2, -0.15) is 0 Å². The molecule has 14 heavy (non-hydrogen) atoms. The number of hydrogen-bond donors (Lipinski definition) is 0. The molecule has 2 nitrogen and oxygen atoms in total. The molecule has 0 unspecified atom stereocenters. The fourth-order valence-corrected chi connectivity index (χ4v) is 2.95. The monoisotopic (exact) mass is 200 g/mol. The van der Waals surface area contributed by atoms with E-state index in [1.165, 1.54) is 6.42 Å². The first kappa shape index (κ1) is 10.4. The van der Waals surface area contributed by atoms with Gasteiger partial charge in [-0.1, -0.05) is 0 Å². The van der Waals surface area contributed by atoms with Crippen molar-refractivity contribution in [2.75, 3.05) is 26.3 Å². The molecule has 2 bridgehead atoms. The number of nitrogens with zero attached hydrogens (tertiary/aromatic N) is 2. The summed E-state index contributed by atoms with van der Waals surface area (Å²) in [7, 11) is 0. The Labute approximate surface area is 86.1 Å². The smallest absolute Gasteiger partial charge is 0.102 e. The third-order valence-corrected chi connectivity index (χ3v) is 3.59. The number of alkyl halides is 1. The van der Waals surface area contributed by atoms with Crippen LogP contribution in [-0.2, 0) is 0 Å². The highest BCUT2D eigenvalue weighted by Crippen LogP contribution is 2.35. The maximum atomic E-state index is 12.2. The van der Waals surface area contributed by atoms with Gasteiger partial charge in [-0.25, -0.2) is 4.39 Å². The molecule has 82 valence electrons. The van der Waals surface area contributed by atoms with Crippen LogP contribution in [0.5, 0.6) is 0 Å². The maximum absolute atomic E-state index is 12.2. The minimum atomic E-state index is -0.196. The van der Waals surface area contributed by atoms with Crippen LogP contribution in [0.25, 0.3) is 0 Å². The first-order valence-corrected chi connectivity index (χ1v) is 5.59. The molecule has 2 atom stereocenters. The van der Waals surface area contributed by atoms with E-state index in [2.05, 4.69) is 30.6 Å². The van der Waals surface area contributed by atoms with Gasteiger partial charge >= 0.3 is 0 Å². The van der Waals surface area contributed by atoms with Gasteiger partial charge in [0.15, 0.2) is 0 Å². The van der Waals surface area contributed by atoms with Crippen LogP contribution in [0.3, 0.4) is 0 Å². The van der Waals surface area contributed by atoms with E-state index >= 15 is 0 Å². The highest BCUT2D eigenvalue weighted by molar-refractivity contribution is 5.03. The summed E-state index contributed by atoms with van der Waals surface area (Å²) in [6.45, 7) is 9.46. The van der Waals surface area contributed by atoms with Crippen molar-refractivity contribution in [1.82, 2.24) is 9.80 Å². The Morgan fingerprint density at radius 2 is 1.93 bits per heavy atom. The standard InChI is InChI=1S/C11H21FN2/c1-11(2,3)14-8-9-6-10(14)7-13(9)5-4-12/h9-10H,4-8H2,1-3H3/t9-,10-/m0/s1. The van der Waals surface area contributed by atoms with E-state index in [1.807, 2.05) is 0 Å². The van der Waals surface area contributed by atoms with Crippen molar-refractivity contribution in [1.29, 1.82) is 0 Å². The summed E-state index contributed by atoms with van der Waals surface area (Å²) in [5, 5.41) is 0. The Hall–Kier alpha value is -0.150. The minimum absolute atomic E-state index is 0.196. The Balaban J connectivity index is 1.96. The number of piperazine rings is 1. The molecule has 2 aliphatic rings. The second-order valence-electron chi connectivity index (χ2n) is 5.55. The lowest BCUT2D eigenvalue weighted by molar-refractivity contribution is 0.0553. The van der Waals surface area contributed by atoms with Crippen LogP contribution in [0.4, 0.5) is 4.39 Å². The van der Waals surface area contributed by atoms with Crippen LogP contribution < -0.4 is 0 Å². The number of hydrogen-bond acceptors (Lipinski definition) is 2. The molecule has 0 radical (unpaired) electrons. The van der Waals surface area contributed by atoms with Gasteiger partial charge in [0.1, 0.15) is 6.67 Å². The van der Waals surface area contributed by atoms with Gasteiger partial charge in [0.2, 0.25) is 0 Å². The molecular formula is C11H21FN2. The van der Waals surface area contributed by atoms with E-state index in [9.17, 15) is 4.39 Å². The van der Waals surface area contributed by atoms with Crippen molar-refractivity contribution in [2.45, 2.75) is 44.8 Å². The average Bonchev–Trinajstić information content (AvgIpc) is 2.61. The third-order valence-electron chi connectivity index (χ3n) is 3.59. The zero-order chi connectivity index (χ0) is 10.3. The van der Waals surface area contributed by atoms with E-state index < -0.39 is 0 Å². The number of halogens is 1. The summed E-state index contributed by atoms with van der Waals surface area (Å²) in [6.07, 6.45) is 1.25. The van der Waals surface area contributed by atoms with Crippen molar-refractivity contribution in [3.05, 3.63) is 0 Å². The summed E-state index contributed by atoms with van der Waals surface area (Å²) in [4.78, 5) is 4.89. The highest BCUT2D eigenvalue weighted by atomic mass is 19.1. The van der Waals surface area contributed by atoms with Gasteiger partial charge in [0, 0.05) is 37.3 Å². The normalized spacial score (nSPS) is 34.3. The second kappa shape index (κ2) is 3.46. The quantitative estimate of drug-likeness (QED) is 0.666. The number of rotatable bonds is 2. The van der Waals surface area contributed by atoms with Crippen LogP contribution in [-0.4, -0.2) is 53.7 Å². The van der Waals surface area contributed by atoms with E-state index in [-0.39, 0.29) is 12.2 Å². The van der Waals surface area contributed by atoms with Gasteiger partial charge in [0.25, 0.3) is 0 Å². The van der Waals surface area contributed by atoms with Gasteiger partial charge < -0.3 is 0 Å². The largest absolute Gasteiger partial charge is 0.295 e. The summed E-state index contributed by atoms with van der Waals surface area (Å²) in [5.74, 6) is 0. The fourth-order valence-electron chi connectivity index (χ4n) is 2.95. The summed E-state index contributed by atoms with van der Waals surface area (Å²) in [6, 6.07) is 1.29. The summed E-state index contributed by atoms with van der Waals surface area (Å²) < 4.78 is 12.2. The molecule has 0 aromatic heterocycles. The number of likely N-dealkylation sites (tertiary alicyclic amines) is 2. The van der Waals surface area contributed by atoms with Crippen LogP contribution in [0.1, 0.15) is 27.2 Å². The zero-order valence-corrected chi connectivity index (χ0v) is 9.46. The molecule has 0 saturated carbocycles. The fraction of sp³-hybridized carbons (Fsp3) is 1.00. The number of fused-ring (bicyclic) bond motifs is 2. The lowest BCUT2D eigenvalue weighted by Crippen LogP contribution is -2.53. The first-order valence-electron chi connectivity index (χ1n) is 5.59. The van der Waals surface area contributed by atoms with Crippen LogP contribution in [0, 0.1) is 0 Å². The first-order chi connectivity index (χ1) is 6.52. The van der Waals surface area contributed by atoms with Crippen LogP contribution in [0.2, 0.25) is 0 Å². The second-order valence-corrected chi connectivity index (χ2v) is 5.55. The van der Waals surface area contributed by atoms with E-state index in [0.717, 1.165) is 13.1 Å². The molecule has 2 aliphatic heterocycles. The predicted molar refractivity (Wildman–Crippen MR) is 56.2 cm³/mol. The zero-order valence-electron chi connectivity index (χ0n) is 9.46. The maximum Gasteiger partial charge on any atom is 0.102 e. The van der Waals surface area contributed by atoms with Crippen molar-refractivity contribution in [3.63, 3.8) is 0 Å². The lowest BCUT2D eigenvalue weighted by Gasteiger charge is -2.41. The SMILES string of the molecule is CC(C)(C)N1C[C@@H]2C[C@H]1CN2CCF. The Bertz CT molecular complexity index is 212. The van der Waals surface area contributed by atoms with Gasteiger partial charge in [-0.15, -0.1) is 0 Å². The molecule has 2 saturated heterocycles. The van der Waals surface area contributed by atoms with Gasteiger partial charge in [-0.05, 0) is 27.2 Å². The molecule has 0 aromatic rings. The molecule has 0 N–H and O–H groups in total. The van der Waals surface area contributed by atoms with E-state index in [1.54, 1.807) is 0 Å². The van der Waals surface area contributed by atoms with Crippen LogP contribution in [0.15, 0.2) is 0 Å². The predicted octanol–water partition coefficient (Wildman–Crippen LogP) is 1.51. The molecule has 0 aliphatic carbocycles. The molecule has 0 aromatic carbocycles. The Morgan fingerprint density at radius 3 is 2.36 bits per heavy atom. The Morgan fingerprint density at radius 1 is 1.21 bits per heavy atom.